The van der Waals surface area contributed by atoms with E-state index in [-0.39, 0.29) is 0 Å². The number of hydrogen-bond acceptors (Lipinski definition) is 3. The maximum atomic E-state index is 12.1. The summed E-state index contributed by atoms with van der Waals surface area (Å²) in [6.07, 6.45) is 3.44. The summed E-state index contributed by atoms with van der Waals surface area (Å²) in [5, 5.41) is 0. The number of hydrogen-bond donors (Lipinski definition) is 1. The molecule has 2 N–H and O–H groups in total. The molecular formula is C13H19NO2S. The van der Waals surface area contributed by atoms with Crippen LogP contribution in [0, 0.1) is 6.92 Å². The molecule has 1 fully saturated rings. The van der Waals surface area contributed by atoms with Crippen LogP contribution in [0.2, 0.25) is 0 Å². The van der Waals surface area contributed by atoms with E-state index in [4.69, 9.17) is 10.5 Å². The van der Waals surface area contributed by atoms with Gasteiger partial charge < -0.3 is 10.5 Å². The SMILES string of the molecule is Cc1cc(N)ccc1S(=O)CCC1CCCO1. The number of nitrogens with two attached hydrogens (primary N) is 1. The second-order valence-electron chi connectivity index (χ2n) is 4.50. The van der Waals surface area contributed by atoms with E-state index in [1.54, 1.807) is 0 Å². The topological polar surface area (TPSA) is 52.3 Å². The first-order valence-electron chi connectivity index (χ1n) is 6.03. The average Bonchev–Trinajstić information content (AvgIpc) is 2.78. The van der Waals surface area contributed by atoms with Gasteiger partial charge in [-0.25, -0.2) is 0 Å². The summed E-state index contributed by atoms with van der Waals surface area (Å²) in [5.74, 6) is 0.676. The molecule has 0 bridgehead atoms. The average molecular weight is 253 g/mol. The van der Waals surface area contributed by atoms with Gasteiger partial charge in [0.2, 0.25) is 0 Å². The van der Waals surface area contributed by atoms with Crippen LogP contribution in [0.3, 0.4) is 0 Å². The third-order valence-corrected chi connectivity index (χ3v) is 4.65. The second-order valence-corrected chi connectivity index (χ2v) is 6.04. The van der Waals surface area contributed by atoms with Crippen molar-refractivity contribution in [3.8, 4) is 0 Å². The molecule has 17 heavy (non-hydrogen) atoms. The highest BCUT2D eigenvalue weighted by Crippen LogP contribution is 2.20. The van der Waals surface area contributed by atoms with Crippen molar-refractivity contribution in [2.75, 3.05) is 18.1 Å². The van der Waals surface area contributed by atoms with Crippen LogP contribution in [-0.2, 0) is 15.5 Å². The molecule has 1 aliphatic heterocycles. The van der Waals surface area contributed by atoms with Crippen LogP contribution < -0.4 is 5.73 Å². The van der Waals surface area contributed by atoms with Gasteiger partial charge in [-0.2, -0.15) is 0 Å². The van der Waals surface area contributed by atoms with E-state index in [0.29, 0.717) is 11.9 Å². The zero-order chi connectivity index (χ0) is 12.3. The first-order chi connectivity index (χ1) is 8.16. The molecule has 2 rings (SSSR count). The summed E-state index contributed by atoms with van der Waals surface area (Å²) >= 11 is 0. The van der Waals surface area contributed by atoms with Crippen LogP contribution in [0.25, 0.3) is 0 Å². The summed E-state index contributed by atoms with van der Waals surface area (Å²) in [7, 11) is -0.935. The fourth-order valence-corrected chi connectivity index (χ4v) is 3.48. The maximum Gasteiger partial charge on any atom is 0.0584 e. The van der Waals surface area contributed by atoms with Crippen molar-refractivity contribution in [2.45, 2.75) is 37.2 Å². The number of rotatable bonds is 4. The molecule has 1 heterocycles. The van der Waals surface area contributed by atoms with Gasteiger partial charge in [0.25, 0.3) is 0 Å². The molecule has 4 heteroatoms. The molecule has 94 valence electrons. The van der Waals surface area contributed by atoms with Gasteiger partial charge in [-0.1, -0.05) is 0 Å². The van der Waals surface area contributed by atoms with Gasteiger partial charge in [-0.05, 0) is 49.9 Å². The minimum Gasteiger partial charge on any atom is -0.399 e. The number of aryl methyl sites for hydroxylation is 1. The Morgan fingerprint density at radius 2 is 2.35 bits per heavy atom. The molecule has 1 aliphatic rings. The van der Waals surface area contributed by atoms with Crippen molar-refractivity contribution in [3.63, 3.8) is 0 Å². The van der Waals surface area contributed by atoms with E-state index in [2.05, 4.69) is 0 Å². The summed E-state index contributed by atoms with van der Waals surface area (Å²) in [6.45, 7) is 2.81. The van der Waals surface area contributed by atoms with Crippen molar-refractivity contribution in [2.24, 2.45) is 0 Å². The predicted octanol–water partition coefficient (Wildman–Crippen LogP) is 2.25. The smallest absolute Gasteiger partial charge is 0.0584 e. The lowest BCUT2D eigenvalue weighted by Crippen LogP contribution is -2.11. The zero-order valence-corrected chi connectivity index (χ0v) is 11.0. The monoisotopic (exact) mass is 253 g/mol. The van der Waals surface area contributed by atoms with Gasteiger partial charge in [0, 0.05) is 22.9 Å². The molecule has 0 aliphatic carbocycles. The van der Waals surface area contributed by atoms with Gasteiger partial charge in [0.15, 0.2) is 0 Å². The molecule has 1 saturated heterocycles. The third kappa shape index (κ3) is 3.30. The second kappa shape index (κ2) is 5.65. The number of nitrogen functional groups attached to an aromatic ring is 1. The normalized spacial score (nSPS) is 21.6. The Kier molecular flexibility index (Phi) is 4.18. The van der Waals surface area contributed by atoms with Gasteiger partial charge in [0.05, 0.1) is 16.9 Å². The minimum absolute atomic E-state index is 0.313. The minimum atomic E-state index is -0.935. The van der Waals surface area contributed by atoms with E-state index >= 15 is 0 Å². The molecule has 2 atom stereocenters. The lowest BCUT2D eigenvalue weighted by atomic mass is 10.2. The number of benzene rings is 1. The van der Waals surface area contributed by atoms with Crippen LogP contribution >= 0.6 is 0 Å². The summed E-state index contributed by atoms with van der Waals surface area (Å²) in [6, 6.07) is 5.56. The Balaban J connectivity index is 1.94. The molecule has 0 saturated carbocycles. The van der Waals surface area contributed by atoms with Crippen LogP contribution in [0.5, 0.6) is 0 Å². The van der Waals surface area contributed by atoms with Crippen molar-refractivity contribution < 1.29 is 8.95 Å². The zero-order valence-electron chi connectivity index (χ0n) is 10.1. The molecule has 0 amide bonds. The van der Waals surface area contributed by atoms with E-state index < -0.39 is 10.8 Å². The van der Waals surface area contributed by atoms with E-state index in [9.17, 15) is 4.21 Å². The maximum absolute atomic E-state index is 12.1. The molecule has 1 aromatic carbocycles. The summed E-state index contributed by atoms with van der Waals surface area (Å²) in [5.41, 5.74) is 7.42. The first kappa shape index (κ1) is 12.6. The Hall–Kier alpha value is -0.870. The molecular weight excluding hydrogens is 234 g/mol. The van der Waals surface area contributed by atoms with Crippen molar-refractivity contribution >= 4 is 16.5 Å². The Morgan fingerprint density at radius 1 is 1.53 bits per heavy atom. The molecule has 0 spiro atoms. The quantitative estimate of drug-likeness (QED) is 0.837. The Labute approximate surface area is 105 Å². The molecule has 0 aromatic heterocycles. The third-order valence-electron chi connectivity index (χ3n) is 3.09. The van der Waals surface area contributed by atoms with Crippen molar-refractivity contribution in [1.29, 1.82) is 0 Å². The van der Waals surface area contributed by atoms with Gasteiger partial charge in [0.1, 0.15) is 0 Å². The standard InChI is InChI=1S/C13H19NO2S/c1-10-9-11(14)4-5-13(10)17(15)8-6-12-3-2-7-16-12/h4-5,9,12H,2-3,6-8,14H2,1H3. The molecule has 0 radical (unpaired) electrons. The van der Waals surface area contributed by atoms with Crippen LogP contribution in [0.4, 0.5) is 5.69 Å². The number of ether oxygens (including phenoxy) is 1. The highest BCUT2D eigenvalue weighted by atomic mass is 32.2. The van der Waals surface area contributed by atoms with E-state index in [0.717, 1.165) is 42.0 Å². The molecule has 3 nitrogen and oxygen atoms in total. The lowest BCUT2D eigenvalue weighted by Gasteiger charge is -2.10. The van der Waals surface area contributed by atoms with Gasteiger partial charge >= 0.3 is 0 Å². The Morgan fingerprint density at radius 3 is 3.00 bits per heavy atom. The van der Waals surface area contributed by atoms with Gasteiger partial charge in [-0.3, -0.25) is 4.21 Å². The van der Waals surface area contributed by atoms with E-state index in [1.807, 2.05) is 25.1 Å². The lowest BCUT2D eigenvalue weighted by molar-refractivity contribution is 0.109. The summed E-state index contributed by atoms with van der Waals surface area (Å²) < 4.78 is 17.7. The fraction of sp³-hybridized carbons (Fsp3) is 0.538. The number of anilines is 1. The van der Waals surface area contributed by atoms with Gasteiger partial charge in [-0.15, -0.1) is 0 Å². The highest BCUT2D eigenvalue weighted by molar-refractivity contribution is 7.85. The largest absolute Gasteiger partial charge is 0.399 e. The molecule has 1 aromatic rings. The van der Waals surface area contributed by atoms with Crippen molar-refractivity contribution in [3.05, 3.63) is 23.8 Å². The Bertz CT molecular complexity index is 414. The molecule has 2 unspecified atom stereocenters. The van der Waals surface area contributed by atoms with E-state index in [1.165, 1.54) is 0 Å². The fourth-order valence-electron chi connectivity index (χ4n) is 2.15. The van der Waals surface area contributed by atoms with Crippen LogP contribution in [0.1, 0.15) is 24.8 Å². The highest BCUT2D eigenvalue weighted by Gasteiger charge is 2.17. The van der Waals surface area contributed by atoms with Crippen LogP contribution in [-0.4, -0.2) is 22.7 Å². The summed E-state index contributed by atoms with van der Waals surface area (Å²) in [4.78, 5) is 0.900. The van der Waals surface area contributed by atoms with Crippen LogP contribution in [0.15, 0.2) is 23.1 Å². The van der Waals surface area contributed by atoms with Crippen molar-refractivity contribution in [1.82, 2.24) is 0 Å². The predicted molar refractivity (Wildman–Crippen MR) is 70.5 cm³/mol. The first-order valence-corrected chi connectivity index (χ1v) is 7.35.